The third kappa shape index (κ3) is 2.25. The molecule has 0 saturated carbocycles. The minimum atomic E-state index is 0. The van der Waals surface area contributed by atoms with Gasteiger partial charge in [0.1, 0.15) is 0 Å². The van der Waals surface area contributed by atoms with Gasteiger partial charge in [-0.25, -0.2) is 0 Å². The highest BCUT2D eigenvalue weighted by molar-refractivity contribution is 4.54. The van der Waals surface area contributed by atoms with Gasteiger partial charge >= 0.3 is 0 Å². The zero-order valence-electron chi connectivity index (χ0n) is 6.99. The molecule has 1 nitrogen and oxygen atoms in total. The molecular formula is C8H18FN. The van der Waals surface area contributed by atoms with Gasteiger partial charge in [0, 0.05) is 0 Å². The van der Waals surface area contributed by atoms with Crippen LogP contribution in [0.3, 0.4) is 0 Å². The fourth-order valence-corrected chi connectivity index (χ4v) is 1.78. The lowest BCUT2D eigenvalue weighted by Gasteiger charge is -2.28. The number of likely N-dealkylation sites (tertiary alicyclic amines) is 1. The Labute approximate surface area is 62.8 Å². The Bertz CT molecular complexity index is 85.3. The average Bonchev–Trinajstić information content (AvgIpc) is 1.89. The van der Waals surface area contributed by atoms with E-state index in [0.717, 1.165) is 6.04 Å². The molecule has 1 aliphatic heterocycles. The van der Waals surface area contributed by atoms with Crippen LogP contribution in [-0.2, 0) is 0 Å². The highest BCUT2D eigenvalue weighted by Crippen LogP contribution is 2.00. The Morgan fingerprint density at radius 2 is 2.10 bits per heavy atom. The van der Waals surface area contributed by atoms with E-state index in [0.29, 0.717) is 0 Å². The van der Waals surface area contributed by atoms with Crippen molar-refractivity contribution in [3.63, 3.8) is 0 Å². The SMILES string of the molecule is CC[NH+]1CCCCC1C.[F-]. The second kappa shape index (κ2) is 4.67. The molecule has 0 aromatic heterocycles. The van der Waals surface area contributed by atoms with Crippen molar-refractivity contribution >= 4 is 0 Å². The monoisotopic (exact) mass is 147 g/mol. The van der Waals surface area contributed by atoms with Crippen molar-refractivity contribution in [3.8, 4) is 0 Å². The van der Waals surface area contributed by atoms with Crippen molar-refractivity contribution in [3.05, 3.63) is 0 Å². The molecule has 0 aromatic rings. The first-order valence-corrected chi connectivity index (χ1v) is 4.19. The maximum absolute atomic E-state index is 2.37. The van der Waals surface area contributed by atoms with Gasteiger partial charge in [-0.1, -0.05) is 0 Å². The summed E-state index contributed by atoms with van der Waals surface area (Å²) in [6, 6.07) is 0.934. The van der Waals surface area contributed by atoms with Crippen molar-refractivity contribution in [2.24, 2.45) is 0 Å². The van der Waals surface area contributed by atoms with Crippen LogP contribution in [0.2, 0.25) is 0 Å². The average molecular weight is 147 g/mol. The Balaban J connectivity index is 0.000000810. The molecule has 2 unspecified atom stereocenters. The van der Waals surface area contributed by atoms with E-state index < -0.39 is 0 Å². The molecule has 1 saturated heterocycles. The molecule has 1 fully saturated rings. The first kappa shape index (κ1) is 9.89. The summed E-state index contributed by atoms with van der Waals surface area (Å²) in [6.45, 7) is 7.40. The Kier molecular flexibility index (Phi) is 4.62. The van der Waals surface area contributed by atoms with Crippen LogP contribution in [0.1, 0.15) is 33.1 Å². The molecular weight excluding hydrogens is 129 g/mol. The fraction of sp³-hybridized carbons (Fsp3) is 1.00. The van der Waals surface area contributed by atoms with Crippen LogP contribution < -0.4 is 9.60 Å². The van der Waals surface area contributed by atoms with Crippen LogP contribution in [0.4, 0.5) is 0 Å². The number of piperidine rings is 1. The molecule has 2 atom stereocenters. The molecule has 1 aliphatic rings. The van der Waals surface area contributed by atoms with Gasteiger partial charge in [0.25, 0.3) is 0 Å². The summed E-state index contributed by atoms with van der Waals surface area (Å²) in [4.78, 5) is 1.81. The fourth-order valence-electron chi connectivity index (χ4n) is 1.78. The minimum absolute atomic E-state index is 0. The van der Waals surface area contributed by atoms with E-state index in [1.165, 1.54) is 32.4 Å². The lowest BCUT2D eigenvalue weighted by atomic mass is 10.0. The zero-order chi connectivity index (χ0) is 6.69. The summed E-state index contributed by atoms with van der Waals surface area (Å²) in [5, 5.41) is 0. The molecule has 10 heavy (non-hydrogen) atoms. The van der Waals surface area contributed by atoms with Crippen molar-refractivity contribution in [1.29, 1.82) is 0 Å². The van der Waals surface area contributed by atoms with Gasteiger partial charge in [0.2, 0.25) is 0 Å². The van der Waals surface area contributed by atoms with Crippen LogP contribution in [0.15, 0.2) is 0 Å². The number of quaternary nitrogens is 1. The molecule has 0 amide bonds. The van der Waals surface area contributed by atoms with Gasteiger partial charge in [0.15, 0.2) is 0 Å². The molecule has 0 aliphatic carbocycles. The van der Waals surface area contributed by atoms with Gasteiger partial charge in [-0.05, 0) is 33.1 Å². The van der Waals surface area contributed by atoms with Gasteiger partial charge in [-0.2, -0.15) is 0 Å². The van der Waals surface area contributed by atoms with E-state index in [1.807, 2.05) is 0 Å². The topological polar surface area (TPSA) is 4.44 Å². The van der Waals surface area contributed by atoms with E-state index in [4.69, 9.17) is 0 Å². The minimum Gasteiger partial charge on any atom is -1.00 e. The first-order chi connectivity index (χ1) is 4.34. The number of halogens is 1. The molecule has 0 radical (unpaired) electrons. The molecule has 62 valence electrons. The lowest BCUT2D eigenvalue weighted by molar-refractivity contribution is -0.926. The van der Waals surface area contributed by atoms with Gasteiger partial charge in [-0.3, -0.25) is 0 Å². The van der Waals surface area contributed by atoms with E-state index in [2.05, 4.69) is 13.8 Å². The summed E-state index contributed by atoms with van der Waals surface area (Å²) in [7, 11) is 0. The second-order valence-corrected chi connectivity index (χ2v) is 3.16. The number of nitrogens with one attached hydrogen (secondary N) is 1. The van der Waals surface area contributed by atoms with Crippen LogP contribution in [0.5, 0.6) is 0 Å². The van der Waals surface area contributed by atoms with E-state index in [-0.39, 0.29) is 4.70 Å². The highest BCUT2D eigenvalue weighted by Gasteiger charge is 2.18. The normalized spacial score (nSPS) is 33.0. The third-order valence-corrected chi connectivity index (χ3v) is 2.54. The Morgan fingerprint density at radius 1 is 1.40 bits per heavy atom. The summed E-state index contributed by atoms with van der Waals surface area (Å²) in [5.74, 6) is 0. The van der Waals surface area contributed by atoms with Gasteiger partial charge < -0.3 is 9.60 Å². The largest absolute Gasteiger partial charge is 1.00 e. The number of hydrogen-bond donors (Lipinski definition) is 1. The second-order valence-electron chi connectivity index (χ2n) is 3.16. The smallest absolute Gasteiger partial charge is 0.0846 e. The summed E-state index contributed by atoms with van der Waals surface area (Å²) >= 11 is 0. The Morgan fingerprint density at radius 3 is 2.50 bits per heavy atom. The van der Waals surface area contributed by atoms with E-state index in [9.17, 15) is 0 Å². The van der Waals surface area contributed by atoms with Gasteiger partial charge in [-0.15, -0.1) is 0 Å². The first-order valence-electron chi connectivity index (χ1n) is 4.19. The molecule has 1 heterocycles. The highest BCUT2D eigenvalue weighted by atomic mass is 19.0. The summed E-state index contributed by atoms with van der Waals surface area (Å²) in [5.41, 5.74) is 0. The number of rotatable bonds is 1. The lowest BCUT2D eigenvalue weighted by Crippen LogP contribution is -3.15. The van der Waals surface area contributed by atoms with Crippen LogP contribution in [0.25, 0.3) is 0 Å². The molecule has 0 bridgehead atoms. The summed E-state index contributed by atoms with van der Waals surface area (Å²) < 4.78 is 0. The standard InChI is InChI=1S/C8H17N.FH/c1-3-9-7-5-4-6-8(9)2;/h8H,3-7H2,1-2H3;1H. The molecule has 1 rings (SSSR count). The quantitative estimate of drug-likeness (QED) is 0.417. The molecule has 1 N–H and O–H groups in total. The molecule has 2 heteroatoms. The maximum Gasteiger partial charge on any atom is 0.0846 e. The Hall–Kier alpha value is -0.110. The number of hydrogen-bond acceptors (Lipinski definition) is 0. The van der Waals surface area contributed by atoms with Gasteiger partial charge in [0.05, 0.1) is 19.1 Å². The van der Waals surface area contributed by atoms with Crippen molar-refractivity contribution in [2.75, 3.05) is 13.1 Å². The van der Waals surface area contributed by atoms with Crippen LogP contribution in [0, 0.1) is 0 Å². The van der Waals surface area contributed by atoms with E-state index in [1.54, 1.807) is 4.90 Å². The molecule has 0 spiro atoms. The third-order valence-electron chi connectivity index (χ3n) is 2.54. The van der Waals surface area contributed by atoms with Crippen molar-refractivity contribution in [1.82, 2.24) is 0 Å². The maximum atomic E-state index is 2.37. The van der Waals surface area contributed by atoms with Crippen molar-refractivity contribution < 1.29 is 9.60 Å². The van der Waals surface area contributed by atoms with Crippen LogP contribution >= 0.6 is 0 Å². The van der Waals surface area contributed by atoms with Crippen molar-refractivity contribution in [2.45, 2.75) is 39.2 Å². The van der Waals surface area contributed by atoms with Crippen LogP contribution in [-0.4, -0.2) is 19.1 Å². The predicted molar refractivity (Wildman–Crippen MR) is 39.7 cm³/mol. The predicted octanol–water partition coefficient (Wildman–Crippen LogP) is -2.53. The molecule has 0 aromatic carbocycles. The summed E-state index contributed by atoms with van der Waals surface area (Å²) in [6.07, 6.45) is 4.36. The van der Waals surface area contributed by atoms with E-state index >= 15 is 0 Å². The zero-order valence-corrected chi connectivity index (χ0v) is 6.99.